The van der Waals surface area contributed by atoms with Crippen molar-refractivity contribution in [3.63, 3.8) is 0 Å². The molecule has 4 aliphatic rings. The molecule has 27 heavy (non-hydrogen) atoms. The van der Waals surface area contributed by atoms with Crippen LogP contribution in [0.2, 0.25) is 0 Å². The van der Waals surface area contributed by atoms with Crippen LogP contribution in [0.5, 0.6) is 0 Å². The number of fused-ring (bicyclic) bond motifs is 5. The van der Waals surface area contributed by atoms with E-state index in [0.29, 0.717) is 31.3 Å². The monoisotopic (exact) mass is 397 g/mol. The van der Waals surface area contributed by atoms with E-state index in [0.717, 1.165) is 44.2 Å². The van der Waals surface area contributed by atoms with Crippen LogP contribution in [0.15, 0.2) is 5.16 Å². The number of carbonyl (C=O) groups is 2. The van der Waals surface area contributed by atoms with E-state index < -0.39 is 0 Å². The molecule has 0 spiro atoms. The Hall–Kier alpha value is -1.14. The zero-order chi connectivity index (χ0) is 18.5. The standard InChI is InChI=1S/C20H31N3O3.ClH/c1-19-7-5-12(23-26-10-9-21)11-15(19)22-18(25)17-13-3-4-16(24)20(13,2)8-6-14(17)19;/h13-15,17H,3-11,21H2,1-2H3,(H,22,25);1H/b23-12-;/t13-,14-,15?,17-,19+,20-;/m0./s1. The molecule has 0 bridgehead atoms. The van der Waals surface area contributed by atoms with Crippen LogP contribution in [0.1, 0.15) is 58.8 Å². The van der Waals surface area contributed by atoms with Gasteiger partial charge in [-0.25, -0.2) is 0 Å². The van der Waals surface area contributed by atoms with E-state index in [-0.39, 0.29) is 47.0 Å². The Morgan fingerprint density at radius 1 is 1.19 bits per heavy atom. The van der Waals surface area contributed by atoms with Crippen molar-refractivity contribution in [2.24, 2.45) is 39.5 Å². The molecule has 3 N–H and O–H groups in total. The Bertz CT molecular complexity index is 654. The van der Waals surface area contributed by atoms with Crippen molar-refractivity contribution in [3.8, 4) is 0 Å². The summed E-state index contributed by atoms with van der Waals surface area (Å²) in [6.07, 6.45) is 6.14. The number of hydrogen-bond donors (Lipinski definition) is 2. The molecule has 7 heteroatoms. The molecule has 0 aromatic carbocycles. The van der Waals surface area contributed by atoms with Gasteiger partial charge in [0.2, 0.25) is 5.91 Å². The fraction of sp³-hybridized carbons (Fsp3) is 0.850. The number of nitrogens with two attached hydrogens (primary N) is 1. The first-order chi connectivity index (χ1) is 12.4. The van der Waals surface area contributed by atoms with Gasteiger partial charge in [0.05, 0.1) is 5.71 Å². The summed E-state index contributed by atoms with van der Waals surface area (Å²) in [6, 6.07) is 0.117. The topological polar surface area (TPSA) is 93.8 Å². The maximum Gasteiger partial charge on any atom is 0.223 e. The lowest BCUT2D eigenvalue weighted by molar-refractivity contribution is -0.153. The van der Waals surface area contributed by atoms with Gasteiger partial charge in [0.15, 0.2) is 0 Å². The Labute approximate surface area is 167 Å². The number of Topliss-reactive ketones (excluding diaryl/α,β-unsaturated/α-hetero) is 1. The van der Waals surface area contributed by atoms with Crippen LogP contribution in [0.3, 0.4) is 0 Å². The molecule has 1 unspecified atom stereocenters. The molecule has 1 heterocycles. The van der Waals surface area contributed by atoms with Gasteiger partial charge in [0, 0.05) is 36.8 Å². The summed E-state index contributed by atoms with van der Waals surface area (Å²) in [5, 5.41) is 7.55. The number of nitrogens with one attached hydrogen (secondary N) is 1. The van der Waals surface area contributed by atoms with Crippen LogP contribution in [-0.2, 0) is 14.4 Å². The van der Waals surface area contributed by atoms with Gasteiger partial charge in [-0.05, 0) is 49.4 Å². The molecule has 1 aliphatic heterocycles. The lowest BCUT2D eigenvalue weighted by Crippen LogP contribution is -2.65. The average Bonchev–Trinajstić information content (AvgIpc) is 2.92. The highest BCUT2D eigenvalue weighted by Gasteiger charge is 2.62. The summed E-state index contributed by atoms with van der Waals surface area (Å²) in [4.78, 5) is 30.8. The first kappa shape index (κ1) is 20.6. The molecule has 3 saturated carbocycles. The lowest BCUT2D eigenvalue weighted by Gasteiger charge is -2.58. The van der Waals surface area contributed by atoms with Crippen molar-refractivity contribution in [2.45, 2.75) is 64.8 Å². The number of ketones is 1. The third-order valence-electron chi connectivity index (χ3n) is 8.04. The van der Waals surface area contributed by atoms with E-state index in [9.17, 15) is 9.59 Å². The van der Waals surface area contributed by atoms with Crippen molar-refractivity contribution in [3.05, 3.63) is 0 Å². The number of rotatable bonds is 3. The van der Waals surface area contributed by atoms with E-state index >= 15 is 0 Å². The molecule has 6 nitrogen and oxygen atoms in total. The summed E-state index contributed by atoms with van der Waals surface area (Å²) in [5.74, 6) is 1.11. The van der Waals surface area contributed by atoms with Crippen molar-refractivity contribution < 1.29 is 14.4 Å². The van der Waals surface area contributed by atoms with E-state index in [1.165, 1.54) is 0 Å². The molecule has 1 saturated heterocycles. The zero-order valence-corrected chi connectivity index (χ0v) is 17.1. The van der Waals surface area contributed by atoms with Crippen LogP contribution >= 0.6 is 12.4 Å². The molecule has 4 rings (SSSR count). The number of hydrogen-bond acceptors (Lipinski definition) is 5. The van der Waals surface area contributed by atoms with Gasteiger partial charge in [-0.3, -0.25) is 9.59 Å². The molecule has 0 aromatic heterocycles. The smallest absolute Gasteiger partial charge is 0.223 e. The predicted molar refractivity (Wildman–Crippen MR) is 106 cm³/mol. The molecular weight excluding hydrogens is 366 g/mol. The summed E-state index contributed by atoms with van der Waals surface area (Å²) >= 11 is 0. The summed E-state index contributed by atoms with van der Waals surface area (Å²) < 4.78 is 0. The average molecular weight is 398 g/mol. The van der Waals surface area contributed by atoms with Crippen molar-refractivity contribution in [1.29, 1.82) is 0 Å². The van der Waals surface area contributed by atoms with Gasteiger partial charge < -0.3 is 15.9 Å². The quantitative estimate of drug-likeness (QED) is 0.565. The highest BCUT2D eigenvalue weighted by Crippen LogP contribution is 2.61. The number of oxime groups is 1. The number of piperidine rings is 1. The summed E-state index contributed by atoms with van der Waals surface area (Å²) in [7, 11) is 0. The van der Waals surface area contributed by atoms with Gasteiger partial charge >= 0.3 is 0 Å². The van der Waals surface area contributed by atoms with Gasteiger partial charge in [0.25, 0.3) is 0 Å². The second-order valence-corrected chi connectivity index (χ2v) is 9.21. The van der Waals surface area contributed by atoms with Crippen molar-refractivity contribution in [1.82, 2.24) is 5.32 Å². The Morgan fingerprint density at radius 2 is 1.96 bits per heavy atom. The molecule has 3 aliphatic carbocycles. The maximum absolute atomic E-state index is 13.1. The lowest BCUT2D eigenvalue weighted by atomic mass is 9.49. The summed E-state index contributed by atoms with van der Waals surface area (Å²) in [6.45, 7) is 5.32. The molecular formula is C20H32ClN3O3. The van der Waals surface area contributed by atoms with E-state index in [4.69, 9.17) is 10.6 Å². The minimum atomic E-state index is -0.279. The van der Waals surface area contributed by atoms with Crippen molar-refractivity contribution in [2.75, 3.05) is 13.2 Å². The second-order valence-electron chi connectivity index (χ2n) is 9.21. The van der Waals surface area contributed by atoms with Gasteiger partial charge in [0.1, 0.15) is 12.4 Å². The Kier molecular flexibility index (Phi) is 5.61. The van der Waals surface area contributed by atoms with Crippen LogP contribution in [-0.4, -0.2) is 36.6 Å². The fourth-order valence-corrected chi connectivity index (χ4v) is 6.38. The third-order valence-corrected chi connectivity index (χ3v) is 8.04. The third kappa shape index (κ3) is 3.09. The zero-order valence-electron chi connectivity index (χ0n) is 16.3. The van der Waals surface area contributed by atoms with Crippen LogP contribution < -0.4 is 11.1 Å². The van der Waals surface area contributed by atoms with Gasteiger partial charge in [-0.15, -0.1) is 12.4 Å². The first-order valence-corrected chi connectivity index (χ1v) is 10.1. The molecule has 1 amide bonds. The summed E-state index contributed by atoms with van der Waals surface area (Å²) in [5.41, 5.74) is 6.28. The van der Waals surface area contributed by atoms with Crippen LogP contribution in [0, 0.1) is 28.6 Å². The molecule has 0 radical (unpaired) electrons. The highest BCUT2D eigenvalue weighted by atomic mass is 35.5. The maximum atomic E-state index is 13.1. The molecule has 0 aromatic rings. The van der Waals surface area contributed by atoms with E-state index in [2.05, 4.69) is 24.3 Å². The SMILES string of the molecule is C[C@]12CC/C(=N/OCCN)CC1NC(=O)[C@@H]1[C@@H]2CC[C@]2(C)C(=O)CC[C@@H]12.Cl. The van der Waals surface area contributed by atoms with Crippen molar-refractivity contribution >= 4 is 29.8 Å². The second kappa shape index (κ2) is 7.36. The van der Waals surface area contributed by atoms with E-state index in [1.54, 1.807) is 0 Å². The molecule has 152 valence electrons. The van der Waals surface area contributed by atoms with Crippen LogP contribution in [0.25, 0.3) is 0 Å². The number of halogens is 1. The number of nitrogens with zero attached hydrogens (tertiary/aromatic N) is 1. The highest BCUT2D eigenvalue weighted by molar-refractivity contribution is 5.91. The minimum absolute atomic E-state index is 0. The fourth-order valence-electron chi connectivity index (χ4n) is 6.38. The van der Waals surface area contributed by atoms with Gasteiger partial charge in [-0.2, -0.15) is 0 Å². The normalized spacial score (nSPS) is 44.6. The predicted octanol–water partition coefficient (Wildman–Crippen LogP) is 2.44. The van der Waals surface area contributed by atoms with Gasteiger partial charge in [-0.1, -0.05) is 19.0 Å². The first-order valence-electron chi connectivity index (χ1n) is 10.1. The Balaban J connectivity index is 0.00000210. The number of carbonyl (C=O) groups excluding carboxylic acids is 2. The number of amides is 1. The largest absolute Gasteiger partial charge is 0.395 e. The Morgan fingerprint density at radius 3 is 2.70 bits per heavy atom. The van der Waals surface area contributed by atoms with E-state index in [1.807, 2.05) is 0 Å². The minimum Gasteiger partial charge on any atom is -0.395 e. The molecule has 6 atom stereocenters. The molecule has 4 fully saturated rings. The van der Waals surface area contributed by atoms with Crippen LogP contribution in [0.4, 0.5) is 0 Å².